The standard InChI is InChI=1S/C29H35BF3N5O3S/c1-20-18-27(3,4)37(19-20)26-23(30(41-21(2)39)36-42-22-8-6-5-7-9-22)10-11-24(34-26)38-16-12-25(35-38)40-17-15-28(13-14-28)29(31,32)33/h5-12,16,20,36H,13-15,17-19H2,1-4H3. The van der Waals surface area contributed by atoms with Gasteiger partial charge >= 0.3 is 13.2 Å². The van der Waals surface area contributed by atoms with Gasteiger partial charge in [-0.1, -0.05) is 43.1 Å². The van der Waals surface area contributed by atoms with E-state index in [1.165, 1.54) is 18.9 Å². The molecule has 1 unspecified atom stereocenters. The lowest BCUT2D eigenvalue weighted by Gasteiger charge is -2.34. The van der Waals surface area contributed by atoms with Crippen LogP contribution < -0.4 is 19.7 Å². The molecule has 5 rings (SSSR count). The maximum atomic E-state index is 13.3. The Morgan fingerprint density at radius 3 is 2.52 bits per heavy atom. The summed E-state index contributed by atoms with van der Waals surface area (Å²) in [5, 5.41) is 4.43. The van der Waals surface area contributed by atoms with Crippen molar-refractivity contribution in [2.24, 2.45) is 11.3 Å². The predicted octanol–water partition coefficient (Wildman–Crippen LogP) is 5.56. The summed E-state index contributed by atoms with van der Waals surface area (Å²) in [6.07, 6.45) is -1.38. The van der Waals surface area contributed by atoms with Crippen LogP contribution in [0.4, 0.5) is 19.0 Å². The number of pyridine rings is 1. The molecule has 0 spiro atoms. The number of alkyl halides is 3. The highest BCUT2D eigenvalue weighted by atomic mass is 32.2. The summed E-state index contributed by atoms with van der Waals surface area (Å²) in [4.78, 5) is 20.3. The monoisotopic (exact) mass is 601 g/mol. The van der Waals surface area contributed by atoms with E-state index in [9.17, 15) is 18.0 Å². The first-order valence-corrected chi connectivity index (χ1v) is 14.9. The first-order valence-electron chi connectivity index (χ1n) is 14.1. The molecule has 1 aliphatic carbocycles. The van der Waals surface area contributed by atoms with E-state index in [0.29, 0.717) is 23.0 Å². The average Bonchev–Trinajstić information content (AvgIpc) is 3.49. The molecule has 2 fully saturated rings. The fourth-order valence-electron chi connectivity index (χ4n) is 5.57. The van der Waals surface area contributed by atoms with Crippen LogP contribution in [0.5, 0.6) is 5.88 Å². The average molecular weight is 602 g/mol. The quantitative estimate of drug-likeness (QED) is 0.226. The molecule has 8 nitrogen and oxygen atoms in total. The highest BCUT2D eigenvalue weighted by molar-refractivity contribution is 7.98. The Labute approximate surface area is 248 Å². The van der Waals surface area contributed by atoms with E-state index in [2.05, 4.69) is 35.4 Å². The number of ether oxygens (including phenoxy) is 1. The van der Waals surface area contributed by atoms with Crippen LogP contribution in [0, 0.1) is 11.3 Å². The second-order valence-electron chi connectivity index (χ2n) is 11.8. The molecule has 1 aromatic carbocycles. The Morgan fingerprint density at radius 1 is 1.17 bits per heavy atom. The van der Waals surface area contributed by atoms with Gasteiger partial charge in [-0.15, -0.1) is 5.10 Å². The lowest BCUT2D eigenvalue weighted by atomic mass is 9.74. The van der Waals surface area contributed by atoms with Crippen LogP contribution in [0.15, 0.2) is 59.6 Å². The predicted molar refractivity (Wildman–Crippen MR) is 157 cm³/mol. The first-order chi connectivity index (χ1) is 19.9. The third kappa shape index (κ3) is 6.72. The number of nitrogens with one attached hydrogen (secondary N) is 1. The highest BCUT2D eigenvalue weighted by Gasteiger charge is 2.62. The minimum atomic E-state index is -4.21. The summed E-state index contributed by atoms with van der Waals surface area (Å²) < 4.78 is 56.0. The fourth-order valence-corrected chi connectivity index (χ4v) is 6.28. The van der Waals surface area contributed by atoms with Crippen LogP contribution in [0.25, 0.3) is 5.82 Å². The summed E-state index contributed by atoms with van der Waals surface area (Å²) in [6, 6.07) is 15.0. The van der Waals surface area contributed by atoms with Crippen LogP contribution in [0.1, 0.15) is 53.4 Å². The lowest BCUT2D eigenvalue weighted by Crippen LogP contribution is -2.50. The van der Waals surface area contributed by atoms with E-state index in [-0.39, 0.29) is 37.3 Å². The van der Waals surface area contributed by atoms with E-state index in [4.69, 9.17) is 14.4 Å². The third-order valence-electron chi connectivity index (χ3n) is 7.90. The summed E-state index contributed by atoms with van der Waals surface area (Å²) in [6.45, 7) is 8.59. The van der Waals surface area contributed by atoms with Crippen molar-refractivity contribution in [2.75, 3.05) is 18.1 Å². The van der Waals surface area contributed by atoms with Crippen LogP contribution in [-0.2, 0) is 9.45 Å². The van der Waals surface area contributed by atoms with E-state index in [1.807, 2.05) is 36.4 Å². The zero-order valence-corrected chi connectivity index (χ0v) is 25.0. The second-order valence-corrected chi connectivity index (χ2v) is 12.7. The van der Waals surface area contributed by atoms with Gasteiger partial charge in [-0.2, -0.15) is 13.2 Å². The minimum absolute atomic E-state index is 0.0667. The summed E-state index contributed by atoms with van der Waals surface area (Å²) in [5.74, 6) is 1.39. The number of anilines is 1. The van der Waals surface area contributed by atoms with Gasteiger partial charge in [0.15, 0.2) is 5.82 Å². The van der Waals surface area contributed by atoms with E-state index in [0.717, 1.165) is 17.9 Å². The molecule has 224 valence electrons. The van der Waals surface area contributed by atoms with Gasteiger partial charge in [0.1, 0.15) is 5.82 Å². The Morgan fingerprint density at radius 2 is 1.90 bits per heavy atom. The molecule has 0 amide bonds. The molecule has 3 heterocycles. The van der Waals surface area contributed by atoms with Crippen molar-refractivity contribution in [3.05, 3.63) is 54.7 Å². The van der Waals surface area contributed by atoms with Gasteiger partial charge < -0.3 is 14.3 Å². The fraction of sp³-hybridized carbons (Fsp3) is 0.483. The zero-order chi connectivity index (χ0) is 30.1. The Hall–Kier alpha value is -3.19. The van der Waals surface area contributed by atoms with Crippen molar-refractivity contribution in [2.45, 2.75) is 70.0 Å². The summed E-state index contributed by atoms with van der Waals surface area (Å²) in [7, 11) is -0.782. The molecule has 42 heavy (non-hydrogen) atoms. The number of halogens is 3. The van der Waals surface area contributed by atoms with Crippen LogP contribution in [-0.4, -0.2) is 52.7 Å². The van der Waals surface area contributed by atoms with E-state index in [1.54, 1.807) is 23.0 Å². The number of rotatable bonds is 11. The molecule has 1 N–H and O–H groups in total. The molecule has 13 heteroatoms. The van der Waals surface area contributed by atoms with Crippen LogP contribution in [0.3, 0.4) is 0 Å². The van der Waals surface area contributed by atoms with Crippen molar-refractivity contribution >= 4 is 36.2 Å². The van der Waals surface area contributed by atoms with Crippen molar-refractivity contribution in [3.8, 4) is 11.7 Å². The molecule has 0 radical (unpaired) electrons. The minimum Gasteiger partial charge on any atom is -0.516 e. The summed E-state index contributed by atoms with van der Waals surface area (Å²) in [5.41, 5.74) is -1.12. The molecular formula is C29H35BF3N5O3S. The van der Waals surface area contributed by atoms with Gasteiger partial charge in [0, 0.05) is 41.6 Å². The molecular weight excluding hydrogens is 566 g/mol. The molecule has 1 atom stereocenters. The topological polar surface area (TPSA) is 81.5 Å². The van der Waals surface area contributed by atoms with Gasteiger partial charge in [-0.05, 0) is 63.6 Å². The van der Waals surface area contributed by atoms with Crippen molar-refractivity contribution in [1.29, 1.82) is 0 Å². The van der Waals surface area contributed by atoms with E-state index >= 15 is 0 Å². The number of hydrogen-bond acceptors (Lipinski definition) is 8. The number of carbonyl (C=O) groups excluding carboxylic acids is 1. The zero-order valence-electron chi connectivity index (χ0n) is 24.1. The maximum Gasteiger partial charge on any atom is 0.498 e. The highest BCUT2D eigenvalue weighted by Crippen LogP contribution is 2.59. The van der Waals surface area contributed by atoms with Crippen LogP contribution in [0.2, 0.25) is 0 Å². The number of benzene rings is 1. The second kappa shape index (κ2) is 11.8. The number of carbonyl (C=O) groups is 1. The Kier molecular flexibility index (Phi) is 8.53. The molecule has 1 aliphatic heterocycles. The maximum absolute atomic E-state index is 13.3. The molecule has 2 aromatic heterocycles. The van der Waals surface area contributed by atoms with Gasteiger partial charge in [-0.3, -0.25) is 9.43 Å². The van der Waals surface area contributed by atoms with Crippen molar-refractivity contribution in [3.63, 3.8) is 0 Å². The SMILES string of the molecule is CC(=O)OB(NSc1ccccc1)c1ccc(-n2ccc(OCCC3(C(F)(F)F)CC3)n2)nc1N1CC(C)CC1(C)C. The van der Waals surface area contributed by atoms with Gasteiger partial charge in [-0.25, -0.2) is 9.67 Å². The van der Waals surface area contributed by atoms with Crippen LogP contribution >= 0.6 is 11.9 Å². The molecule has 2 aliphatic rings. The lowest BCUT2D eigenvalue weighted by molar-refractivity contribution is -0.190. The largest absolute Gasteiger partial charge is 0.516 e. The molecule has 0 bridgehead atoms. The van der Waals surface area contributed by atoms with Gasteiger partial charge in [0.25, 0.3) is 5.97 Å². The Balaban J connectivity index is 1.41. The van der Waals surface area contributed by atoms with Crippen molar-refractivity contribution < 1.29 is 27.4 Å². The molecule has 1 saturated carbocycles. The van der Waals surface area contributed by atoms with E-state index < -0.39 is 24.6 Å². The number of hydrogen-bond donors (Lipinski definition) is 1. The van der Waals surface area contributed by atoms with Gasteiger partial charge in [0.05, 0.1) is 12.0 Å². The number of aromatic nitrogens is 3. The smallest absolute Gasteiger partial charge is 0.498 e. The Bertz CT molecular complexity index is 1400. The first kappa shape index (κ1) is 30.3. The third-order valence-corrected chi connectivity index (χ3v) is 8.74. The summed E-state index contributed by atoms with van der Waals surface area (Å²) >= 11 is 1.36. The normalized spacial score (nSPS) is 19.0. The van der Waals surface area contributed by atoms with Crippen molar-refractivity contribution in [1.82, 2.24) is 19.4 Å². The molecule has 1 saturated heterocycles. The number of nitrogens with zero attached hydrogens (tertiary/aromatic N) is 4. The van der Waals surface area contributed by atoms with Gasteiger partial charge in [0.2, 0.25) is 5.88 Å². The molecule has 3 aromatic rings.